The fourth-order valence-corrected chi connectivity index (χ4v) is 4.29. The number of aliphatic hydroxyl groups is 1. The van der Waals surface area contributed by atoms with Crippen molar-refractivity contribution in [2.45, 2.75) is 52.1 Å². The standard InChI is InChI=1S/C18H24BrNO/c1-13(2)14-8-10-18(12-20,11-9-14)17(3,21)15-6-4-5-7-16(15)19/h4-7,13-14,21H,8-11H2,1-3H3. The molecule has 1 aromatic rings. The lowest BCUT2D eigenvalue weighted by atomic mass is 9.59. The Kier molecular flexibility index (Phi) is 4.80. The van der Waals surface area contributed by atoms with Crippen molar-refractivity contribution in [1.29, 1.82) is 5.26 Å². The van der Waals surface area contributed by atoms with Crippen molar-refractivity contribution in [1.82, 2.24) is 0 Å². The molecule has 0 amide bonds. The molecule has 2 nitrogen and oxygen atoms in total. The van der Waals surface area contributed by atoms with Gasteiger partial charge in [0.2, 0.25) is 0 Å². The molecule has 0 radical (unpaired) electrons. The molecule has 1 atom stereocenters. The second-order valence-electron chi connectivity index (χ2n) is 6.83. The zero-order valence-corrected chi connectivity index (χ0v) is 14.7. The van der Waals surface area contributed by atoms with Gasteiger partial charge < -0.3 is 5.11 Å². The first kappa shape index (κ1) is 16.5. The monoisotopic (exact) mass is 349 g/mol. The Labute approximate surface area is 136 Å². The van der Waals surface area contributed by atoms with Crippen molar-refractivity contribution < 1.29 is 5.11 Å². The second kappa shape index (κ2) is 6.10. The maximum atomic E-state index is 11.2. The van der Waals surface area contributed by atoms with E-state index in [-0.39, 0.29) is 0 Å². The van der Waals surface area contributed by atoms with E-state index in [1.807, 2.05) is 24.3 Å². The van der Waals surface area contributed by atoms with Crippen LogP contribution in [0, 0.1) is 28.6 Å². The molecule has 0 aromatic heterocycles. The summed E-state index contributed by atoms with van der Waals surface area (Å²) >= 11 is 3.52. The maximum Gasteiger partial charge on any atom is 0.106 e. The second-order valence-corrected chi connectivity index (χ2v) is 7.68. The van der Waals surface area contributed by atoms with Gasteiger partial charge in [0.15, 0.2) is 0 Å². The molecule has 0 heterocycles. The van der Waals surface area contributed by atoms with Crippen LogP contribution in [0.4, 0.5) is 0 Å². The zero-order valence-electron chi connectivity index (χ0n) is 13.1. The lowest BCUT2D eigenvalue weighted by Gasteiger charge is -2.46. The molecule has 1 aliphatic carbocycles. The van der Waals surface area contributed by atoms with Crippen molar-refractivity contribution in [2.75, 3.05) is 0 Å². The van der Waals surface area contributed by atoms with Gasteiger partial charge in [0, 0.05) is 4.47 Å². The van der Waals surface area contributed by atoms with Crippen LogP contribution >= 0.6 is 15.9 Å². The summed E-state index contributed by atoms with van der Waals surface area (Å²) in [5.74, 6) is 1.32. The molecule has 1 saturated carbocycles. The minimum atomic E-state index is -1.14. The van der Waals surface area contributed by atoms with E-state index in [2.05, 4.69) is 35.8 Å². The van der Waals surface area contributed by atoms with Crippen LogP contribution in [-0.2, 0) is 5.60 Å². The third kappa shape index (κ3) is 2.89. The van der Waals surface area contributed by atoms with Gasteiger partial charge in [-0.05, 0) is 56.1 Å². The van der Waals surface area contributed by atoms with Crippen LogP contribution in [-0.4, -0.2) is 5.11 Å². The first-order valence-corrected chi connectivity index (χ1v) is 8.52. The Bertz CT molecular complexity index is 536. The molecular formula is C18H24BrNO. The summed E-state index contributed by atoms with van der Waals surface area (Å²) in [5.41, 5.74) is -1.01. The molecule has 21 heavy (non-hydrogen) atoms. The number of halogens is 1. The molecule has 1 aliphatic rings. The average Bonchev–Trinajstić information content (AvgIpc) is 2.47. The van der Waals surface area contributed by atoms with Crippen LogP contribution in [0.3, 0.4) is 0 Å². The van der Waals surface area contributed by atoms with Gasteiger partial charge >= 0.3 is 0 Å². The van der Waals surface area contributed by atoms with Crippen LogP contribution < -0.4 is 0 Å². The Morgan fingerprint density at radius 2 is 1.90 bits per heavy atom. The lowest BCUT2D eigenvalue weighted by Crippen LogP contribution is -2.45. The predicted octanol–water partition coefficient (Wildman–Crippen LogP) is 5.01. The minimum Gasteiger partial charge on any atom is -0.384 e. The molecule has 1 fully saturated rings. The summed E-state index contributed by atoms with van der Waals surface area (Å²) in [7, 11) is 0. The normalized spacial score (nSPS) is 28.9. The van der Waals surface area contributed by atoms with Gasteiger partial charge in [-0.2, -0.15) is 5.26 Å². The fraction of sp³-hybridized carbons (Fsp3) is 0.611. The highest BCUT2D eigenvalue weighted by molar-refractivity contribution is 9.10. The third-order valence-corrected chi connectivity index (χ3v) is 6.06. The summed E-state index contributed by atoms with van der Waals surface area (Å²) < 4.78 is 0.871. The molecule has 0 aliphatic heterocycles. The number of rotatable bonds is 3. The fourth-order valence-electron chi connectivity index (χ4n) is 3.62. The van der Waals surface area contributed by atoms with Gasteiger partial charge in [-0.15, -0.1) is 0 Å². The van der Waals surface area contributed by atoms with Crippen molar-refractivity contribution in [3.63, 3.8) is 0 Å². The minimum absolute atomic E-state index is 0.648. The van der Waals surface area contributed by atoms with E-state index in [9.17, 15) is 10.4 Å². The summed E-state index contributed by atoms with van der Waals surface area (Å²) in [5, 5.41) is 21.0. The first-order valence-electron chi connectivity index (χ1n) is 7.73. The molecular weight excluding hydrogens is 326 g/mol. The topological polar surface area (TPSA) is 44.0 Å². The third-order valence-electron chi connectivity index (χ3n) is 5.37. The maximum absolute atomic E-state index is 11.2. The molecule has 0 saturated heterocycles. The molecule has 2 rings (SSSR count). The quantitative estimate of drug-likeness (QED) is 0.832. The van der Waals surface area contributed by atoms with Gasteiger partial charge in [0.25, 0.3) is 0 Å². The highest BCUT2D eigenvalue weighted by atomic mass is 79.9. The van der Waals surface area contributed by atoms with Gasteiger partial charge in [0.05, 0.1) is 11.5 Å². The molecule has 1 unspecified atom stereocenters. The Morgan fingerprint density at radius 1 is 1.33 bits per heavy atom. The highest BCUT2D eigenvalue weighted by Gasteiger charge is 2.51. The van der Waals surface area contributed by atoms with Crippen molar-refractivity contribution in [2.24, 2.45) is 17.3 Å². The van der Waals surface area contributed by atoms with Crippen molar-refractivity contribution in [3.8, 4) is 6.07 Å². The zero-order chi connectivity index (χ0) is 15.7. The van der Waals surface area contributed by atoms with Gasteiger partial charge in [0.1, 0.15) is 5.60 Å². The number of benzene rings is 1. The number of nitriles is 1. The smallest absolute Gasteiger partial charge is 0.106 e. The molecule has 3 heteroatoms. The Hall–Kier alpha value is -0.850. The molecule has 0 spiro atoms. The SMILES string of the molecule is CC(C)C1CCC(C#N)(C(C)(O)c2ccccc2Br)CC1. The summed E-state index contributed by atoms with van der Waals surface area (Å²) in [6.45, 7) is 6.29. The largest absolute Gasteiger partial charge is 0.384 e. The van der Waals surface area contributed by atoms with Crippen LogP contribution in [0.15, 0.2) is 28.7 Å². The van der Waals surface area contributed by atoms with E-state index in [4.69, 9.17) is 0 Å². The van der Waals surface area contributed by atoms with E-state index in [1.165, 1.54) is 0 Å². The van der Waals surface area contributed by atoms with Crippen LogP contribution in [0.25, 0.3) is 0 Å². The van der Waals surface area contributed by atoms with Crippen molar-refractivity contribution >= 4 is 15.9 Å². The van der Waals surface area contributed by atoms with Crippen LogP contribution in [0.2, 0.25) is 0 Å². The van der Waals surface area contributed by atoms with E-state index < -0.39 is 11.0 Å². The lowest BCUT2D eigenvalue weighted by molar-refractivity contribution is -0.0726. The van der Waals surface area contributed by atoms with Gasteiger partial charge in [-0.3, -0.25) is 0 Å². The summed E-state index contributed by atoms with van der Waals surface area (Å²) in [6.07, 6.45) is 3.57. The Balaban J connectivity index is 2.34. The summed E-state index contributed by atoms with van der Waals surface area (Å²) in [6, 6.07) is 10.2. The van der Waals surface area contributed by atoms with Gasteiger partial charge in [-0.1, -0.05) is 48.0 Å². The van der Waals surface area contributed by atoms with Crippen LogP contribution in [0.5, 0.6) is 0 Å². The average molecular weight is 350 g/mol. The molecule has 1 N–H and O–H groups in total. The first-order chi connectivity index (χ1) is 9.84. The Morgan fingerprint density at radius 3 is 2.38 bits per heavy atom. The number of hydrogen-bond acceptors (Lipinski definition) is 2. The molecule has 1 aromatic carbocycles. The van der Waals surface area contributed by atoms with Crippen molar-refractivity contribution in [3.05, 3.63) is 34.3 Å². The number of nitrogens with zero attached hydrogens (tertiary/aromatic N) is 1. The van der Waals surface area contributed by atoms with Crippen LogP contribution in [0.1, 0.15) is 52.0 Å². The molecule has 0 bridgehead atoms. The number of hydrogen-bond donors (Lipinski definition) is 1. The molecule has 114 valence electrons. The van der Waals surface area contributed by atoms with E-state index in [1.54, 1.807) is 6.92 Å². The highest BCUT2D eigenvalue weighted by Crippen LogP contribution is 2.52. The van der Waals surface area contributed by atoms with Gasteiger partial charge in [-0.25, -0.2) is 0 Å². The summed E-state index contributed by atoms with van der Waals surface area (Å²) in [4.78, 5) is 0. The van der Waals surface area contributed by atoms with E-state index in [0.717, 1.165) is 35.7 Å². The van der Waals surface area contributed by atoms with E-state index in [0.29, 0.717) is 11.8 Å². The predicted molar refractivity (Wildman–Crippen MR) is 88.6 cm³/mol. The van der Waals surface area contributed by atoms with E-state index >= 15 is 0 Å².